The Labute approximate surface area is 412 Å². The van der Waals surface area contributed by atoms with Gasteiger partial charge in [0, 0.05) is 78.4 Å². The number of likely N-dealkylation sites (N-methyl/N-ethyl adjacent to an activating group) is 1. The van der Waals surface area contributed by atoms with E-state index < -0.39 is 17.4 Å². The molecule has 1 aromatic heterocycles. The van der Waals surface area contributed by atoms with E-state index >= 15 is 0 Å². The van der Waals surface area contributed by atoms with Gasteiger partial charge in [-0.15, -0.1) is 0 Å². The standard InChI is InChI=1S/C58H67N5O7/c1-5-61-48-15-9-6-11-35(48)17-18-42-37-23-24-58(29-37)30-38-25-40(65)27-52(67-4)54(38)45-20-19-44-47(33-68-34(2)64)56(70-57(44)55(45)58)46-28-51(69-41(31-60-3)32-62-39-13-7-8-14-39)50(66)26-36(46)12-10-16-49-43(42)21-22-53(59)63-49/h6,9,11,15,19-22,25-28,37,39,41-42,47,56,60-62,65-66H,5,7-8,12-14,17-18,23-24,29-33H2,1-4H3,(H2,59,63). The van der Waals surface area contributed by atoms with Crippen LogP contribution in [0.25, 0.3) is 11.1 Å². The highest BCUT2D eigenvalue weighted by Gasteiger charge is 2.52. The number of aromatic hydroxyl groups is 2. The average molecular weight is 946 g/mol. The molecule has 12 heteroatoms. The van der Waals surface area contributed by atoms with Gasteiger partial charge in [-0.3, -0.25) is 4.79 Å². The highest BCUT2D eigenvalue weighted by molar-refractivity contribution is 5.84. The molecule has 2 fully saturated rings. The first-order valence-electron chi connectivity index (χ1n) is 25.4. The Morgan fingerprint density at radius 2 is 1.80 bits per heavy atom. The maximum absolute atomic E-state index is 12.7. The number of nitrogen functional groups attached to an aromatic ring is 1. The van der Waals surface area contributed by atoms with Crippen LogP contribution in [0.2, 0.25) is 0 Å². The van der Waals surface area contributed by atoms with Crippen molar-refractivity contribution in [2.24, 2.45) is 5.92 Å². The van der Waals surface area contributed by atoms with Gasteiger partial charge in [-0.1, -0.05) is 55.2 Å². The van der Waals surface area contributed by atoms with Crippen LogP contribution in [0.3, 0.4) is 0 Å². The van der Waals surface area contributed by atoms with Crippen molar-refractivity contribution in [1.29, 1.82) is 0 Å². The number of rotatable bonds is 15. The summed E-state index contributed by atoms with van der Waals surface area (Å²) in [5.41, 5.74) is 16.9. The van der Waals surface area contributed by atoms with E-state index in [2.05, 4.69) is 77.2 Å². The lowest BCUT2D eigenvalue weighted by atomic mass is 9.64. The molecule has 0 radical (unpaired) electrons. The van der Waals surface area contributed by atoms with Crippen LogP contribution in [-0.4, -0.2) is 73.7 Å². The number of nitrogens with one attached hydrogen (secondary N) is 3. The molecule has 2 aliphatic heterocycles. The Kier molecular flexibility index (Phi) is 13.6. The van der Waals surface area contributed by atoms with E-state index in [1.54, 1.807) is 19.2 Å². The van der Waals surface area contributed by atoms with Gasteiger partial charge in [-0.05, 0) is 141 Å². The molecule has 366 valence electrons. The number of carbonyl (C=O) groups is 1. The number of methoxy groups -OCH3 is 1. The molecule has 4 aromatic carbocycles. The first kappa shape index (κ1) is 47.3. The van der Waals surface area contributed by atoms with E-state index in [0.717, 1.165) is 107 Å². The minimum Gasteiger partial charge on any atom is -0.508 e. The molecule has 0 amide bonds. The van der Waals surface area contributed by atoms with Crippen LogP contribution in [0.15, 0.2) is 72.8 Å². The van der Waals surface area contributed by atoms with Crippen molar-refractivity contribution >= 4 is 17.5 Å². The van der Waals surface area contributed by atoms with Gasteiger partial charge in [0.2, 0.25) is 0 Å². The van der Waals surface area contributed by atoms with E-state index in [1.165, 1.54) is 25.3 Å². The monoisotopic (exact) mass is 946 g/mol. The van der Waals surface area contributed by atoms with Crippen molar-refractivity contribution in [3.63, 3.8) is 0 Å². The third-order valence-corrected chi connectivity index (χ3v) is 15.8. The predicted molar refractivity (Wildman–Crippen MR) is 273 cm³/mol. The van der Waals surface area contributed by atoms with Crippen LogP contribution < -0.4 is 35.9 Å². The number of nitrogens with two attached hydrogens (primary N) is 1. The highest BCUT2D eigenvalue weighted by Crippen LogP contribution is 2.63. The summed E-state index contributed by atoms with van der Waals surface area (Å²) < 4.78 is 26.2. The number of aryl methyl sites for hydroxylation is 1. The molecule has 3 heterocycles. The zero-order valence-corrected chi connectivity index (χ0v) is 41.0. The number of nitrogens with zero attached hydrogens (tertiary/aromatic N) is 1. The number of aromatic nitrogens is 1. The van der Waals surface area contributed by atoms with Gasteiger partial charge in [-0.25, -0.2) is 4.98 Å². The highest BCUT2D eigenvalue weighted by atomic mass is 16.5. The summed E-state index contributed by atoms with van der Waals surface area (Å²) in [5.74, 6) is 8.83. The Bertz CT molecular complexity index is 2830. The second-order valence-electron chi connectivity index (χ2n) is 20.2. The van der Waals surface area contributed by atoms with E-state index in [9.17, 15) is 15.0 Å². The minimum absolute atomic E-state index is 0.00811. The average Bonchev–Trinajstić information content (AvgIpc) is 4.11. The number of carbonyl (C=O) groups excluding carboxylic acids is 1. The molecule has 5 aromatic rings. The lowest BCUT2D eigenvalue weighted by molar-refractivity contribution is -0.141. The zero-order valence-electron chi connectivity index (χ0n) is 41.0. The zero-order chi connectivity index (χ0) is 48.5. The Morgan fingerprint density at radius 3 is 2.60 bits per heavy atom. The van der Waals surface area contributed by atoms with E-state index in [-0.39, 0.29) is 48.4 Å². The number of para-hydroxylation sites is 1. The molecule has 12 nitrogen and oxygen atoms in total. The van der Waals surface area contributed by atoms with Gasteiger partial charge in [-0.2, -0.15) is 0 Å². The normalized spacial score (nSPS) is 22.2. The van der Waals surface area contributed by atoms with E-state index in [4.69, 9.17) is 29.7 Å². The number of fused-ring (bicyclic) bond motifs is 7. The molecule has 6 unspecified atom stereocenters. The van der Waals surface area contributed by atoms with Gasteiger partial charge in [0.1, 0.15) is 47.6 Å². The number of hydrogen-bond donors (Lipinski definition) is 6. The molecule has 2 saturated carbocycles. The number of hydrogen-bond acceptors (Lipinski definition) is 12. The van der Waals surface area contributed by atoms with Crippen molar-refractivity contribution in [2.75, 3.05) is 51.4 Å². The Morgan fingerprint density at radius 1 is 0.971 bits per heavy atom. The van der Waals surface area contributed by atoms with Crippen LogP contribution in [0, 0.1) is 17.8 Å². The second-order valence-corrected chi connectivity index (χ2v) is 20.2. The van der Waals surface area contributed by atoms with Crippen LogP contribution in [-0.2, 0) is 34.2 Å². The van der Waals surface area contributed by atoms with Crippen molar-refractivity contribution in [1.82, 2.24) is 15.6 Å². The Hall–Kier alpha value is -6.42. The van der Waals surface area contributed by atoms with Crippen molar-refractivity contribution in [3.05, 3.63) is 117 Å². The molecule has 0 saturated heterocycles. The molecule has 70 heavy (non-hydrogen) atoms. The van der Waals surface area contributed by atoms with Crippen molar-refractivity contribution in [2.45, 2.75) is 120 Å². The van der Waals surface area contributed by atoms with Gasteiger partial charge in [0.05, 0.1) is 13.0 Å². The SMILES string of the molecule is CCNc1ccccc1CCC1c2ccc(N)nc2C#CCc2cc(O)c(OC(CNC)CNC3CCCC3)cc2C2Oc3c(ccc4c3C3(CCC1C3)Cc1cc(O)cc(OC)c1-4)C2COC(C)=O. The summed E-state index contributed by atoms with van der Waals surface area (Å²) in [6.45, 7) is 5.65. The summed E-state index contributed by atoms with van der Waals surface area (Å²) in [7, 11) is 3.56. The number of pyridine rings is 1. The summed E-state index contributed by atoms with van der Waals surface area (Å²) >= 11 is 0. The maximum atomic E-state index is 12.7. The fourth-order valence-electron chi connectivity index (χ4n) is 12.7. The second kappa shape index (κ2) is 20.1. The predicted octanol–water partition coefficient (Wildman–Crippen LogP) is 9.38. The van der Waals surface area contributed by atoms with E-state index in [1.807, 2.05) is 25.2 Å². The molecule has 10 rings (SSSR count). The molecule has 1 spiro atoms. The third-order valence-electron chi connectivity index (χ3n) is 15.8. The fourth-order valence-corrected chi connectivity index (χ4v) is 12.7. The number of anilines is 2. The van der Waals surface area contributed by atoms with Crippen molar-refractivity contribution in [3.8, 4) is 51.7 Å². The fraction of sp³-hybridized carbons (Fsp3) is 0.448. The molecule has 3 aliphatic carbocycles. The lowest BCUT2D eigenvalue weighted by Gasteiger charge is -2.39. The molecule has 7 N–H and O–H groups in total. The van der Waals surface area contributed by atoms with Crippen LogP contribution >= 0.6 is 0 Å². The van der Waals surface area contributed by atoms with Gasteiger partial charge in [0.25, 0.3) is 0 Å². The van der Waals surface area contributed by atoms with Crippen LogP contribution in [0.4, 0.5) is 11.5 Å². The van der Waals surface area contributed by atoms with Crippen LogP contribution in [0.5, 0.6) is 28.7 Å². The first-order chi connectivity index (χ1) is 34.1. The lowest BCUT2D eigenvalue weighted by Crippen LogP contribution is -2.41. The van der Waals surface area contributed by atoms with Crippen LogP contribution in [0.1, 0.15) is 128 Å². The maximum Gasteiger partial charge on any atom is 0.302 e. The van der Waals surface area contributed by atoms with Crippen molar-refractivity contribution < 1.29 is 34.0 Å². The van der Waals surface area contributed by atoms with Gasteiger partial charge < -0.3 is 50.8 Å². The Balaban J connectivity index is 1.16. The van der Waals surface area contributed by atoms with Gasteiger partial charge in [0.15, 0.2) is 11.5 Å². The smallest absolute Gasteiger partial charge is 0.302 e. The minimum atomic E-state index is -0.631. The van der Waals surface area contributed by atoms with E-state index in [0.29, 0.717) is 48.6 Å². The molecule has 4 bridgehead atoms. The molecule has 5 aliphatic rings. The first-order valence-corrected chi connectivity index (χ1v) is 25.4. The molecular formula is C58H67N5O7. The molecular weight excluding hydrogens is 879 g/mol. The topological polar surface area (TPSA) is 169 Å². The summed E-state index contributed by atoms with van der Waals surface area (Å²) in [5, 5.41) is 33.6. The number of benzene rings is 4. The quantitative estimate of drug-likeness (QED) is 0.0435. The number of esters is 1. The summed E-state index contributed by atoms with van der Waals surface area (Å²) in [6.07, 6.45) is 9.13. The summed E-state index contributed by atoms with van der Waals surface area (Å²) in [6, 6.07) is 24.7. The summed E-state index contributed by atoms with van der Waals surface area (Å²) in [4.78, 5) is 17.7. The number of phenols is 2. The third kappa shape index (κ3) is 9.22. The molecule has 6 atom stereocenters. The largest absolute Gasteiger partial charge is 0.508 e. The number of phenolic OH excluding ortho intramolecular Hbond substituents is 2. The number of ether oxygens (including phenoxy) is 4. The van der Waals surface area contributed by atoms with Gasteiger partial charge >= 0.3 is 5.97 Å².